The number of halogens is 1. The van der Waals surface area contributed by atoms with Gasteiger partial charge >= 0.3 is 0 Å². The van der Waals surface area contributed by atoms with E-state index in [-0.39, 0.29) is 5.69 Å². The number of hydrogen-bond donors (Lipinski definition) is 1. The van der Waals surface area contributed by atoms with Gasteiger partial charge in [0.25, 0.3) is 5.69 Å². The molecule has 1 N–H and O–H groups in total. The van der Waals surface area contributed by atoms with Gasteiger partial charge in [0.1, 0.15) is 5.82 Å². The summed E-state index contributed by atoms with van der Waals surface area (Å²) in [6.45, 7) is 2.37. The van der Waals surface area contributed by atoms with E-state index in [1.54, 1.807) is 0 Å². The molecule has 0 saturated carbocycles. The van der Waals surface area contributed by atoms with Crippen molar-refractivity contribution >= 4 is 5.69 Å². The molecule has 0 spiro atoms. The van der Waals surface area contributed by atoms with Gasteiger partial charge in [0.05, 0.1) is 4.92 Å². The zero-order chi connectivity index (χ0) is 13.8. The van der Waals surface area contributed by atoms with Crippen LogP contribution in [0.1, 0.15) is 18.4 Å². The fourth-order valence-corrected chi connectivity index (χ4v) is 2.34. The van der Waals surface area contributed by atoms with Crippen molar-refractivity contribution in [1.82, 2.24) is 10.2 Å². The van der Waals surface area contributed by atoms with Crippen molar-refractivity contribution in [3.8, 4) is 0 Å². The largest absolute Gasteiger partial charge is 0.310 e. The summed E-state index contributed by atoms with van der Waals surface area (Å²) in [6, 6.07) is 3.93. The summed E-state index contributed by atoms with van der Waals surface area (Å²) >= 11 is 0. The Morgan fingerprint density at radius 1 is 1.47 bits per heavy atom. The van der Waals surface area contributed by atoms with E-state index in [2.05, 4.69) is 17.3 Å². The van der Waals surface area contributed by atoms with Gasteiger partial charge in [-0.2, -0.15) is 0 Å². The molecule has 1 aromatic carbocycles. The molecule has 5 nitrogen and oxygen atoms in total. The van der Waals surface area contributed by atoms with Gasteiger partial charge in [-0.1, -0.05) is 0 Å². The lowest BCUT2D eigenvalue weighted by Gasteiger charge is -2.29. The highest BCUT2D eigenvalue weighted by Crippen LogP contribution is 2.20. The van der Waals surface area contributed by atoms with Crippen LogP contribution < -0.4 is 5.32 Å². The van der Waals surface area contributed by atoms with Crippen molar-refractivity contribution in [3.05, 3.63) is 39.7 Å². The predicted octanol–water partition coefficient (Wildman–Crippen LogP) is 1.92. The van der Waals surface area contributed by atoms with Crippen molar-refractivity contribution in [2.45, 2.75) is 25.4 Å². The van der Waals surface area contributed by atoms with Gasteiger partial charge in [-0.15, -0.1) is 0 Å². The van der Waals surface area contributed by atoms with Crippen LogP contribution >= 0.6 is 0 Å². The average Bonchev–Trinajstić information content (AvgIpc) is 2.38. The number of rotatable bonds is 4. The van der Waals surface area contributed by atoms with E-state index >= 15 is 0 Å². The maximum Gasteiger partial charge on any atom is 0.274 e. The maximum atomic E-state index is 13.2. The van der Waals surface area contributed by atoms with E-state index < -0.39 is 10.7 Å². The molecule has 1 aliphatic heterocycles. The molecule has 1 heterocycles. The van der Waals surface area contributed by atoms with Gasteiger partial charge in [0.2, 0.25) is 0 Å². The Morgan fingerprint density at radius 2 is 2.16 bits per heavy atom. The van der Waals surface area contributed by atoms with E-state index in [1.165, 1.54) is 12.1 Å². The molecule has 0 atom stereocenters. The quantitative estimate of drug-likeness (QED) is 0.669. The first-order chi connectivity index (χ1) is 9.06. The van der Waals surface area contributed by atoms with Crippen molar-refractivity contribution < 1.29 is 9.31 Å². The van der Waals surface area contributed by atoms with Crippen molar-refractivity contribution in [1.29, 1.82) is 0 Å². The van der Waals surface area contributed by atoms with Crippen LogP contribution in [0.25, 0.3) is 0 Å². The second kappa shape index (κ2) is 6.08. The summed E-state index contributed by atoms with van der Waals surface area (Å²) in [5.41, 5.74) is 0.380. The van der Waals surface area contributed by atoms with Gasteiger partial charge in [-0.05, 0) is 45.1 Å². The number of benzene rings is 1. The molecule has 0 aliphatic carbocycles. The molecule has 104 valence electrons. The lowest BCUT2D eigenvalue weighted by Crippen LogP contribution is -2.40. The molecule has 1 aromatic rings. The van der Waals surface area contributed by atoms with Crippen molar-refractivity contribution in [2.75, 3.05) is 20.1 Å². The number of piperidine rings is 1. The molecule has 0 aromatic heterocycles. The Morgan fingerprint density at radius 3 is 2.79 bits per heavy atom. The first kappa shape index (κ1) is 13.9. The Hall–Kier alpha value is -1.53. The molecule has 0 bridgehead atoms. The Kier molecular flexibility index (Phi) is 4.44. The van der Waals surface area contributed by atoms with Crippen LogP contribution in [0.5, 0.6) is 0 Å². The second-order valence-corrected chi connectivity index (χ2v) is 4.99. The van der Waals surface area contributed by atoms with E-state index in [4.69, 9.17) is 0 Å². The highest BCUT2D eigenvalue weighted by molar-refractivity contribution is 5.40. The fraction of sp³-hybridized carbons (Fsp3) is 0.538. The van der Waals surface area contributed by atoms with Crippen LogP contribution in [-0.2, 0) is 6.54 Å². The van der Waals surface area contributed by atoms with Crippen molar-refractivity contribution in [2.24, 2.45) is 0 Å². The number of nitrogens with one attached hydrogen (secondary N) is 1. The van der Waals surface area contributed by atoms with Crippen molar-refractivity contribution in [3.63, 3.8) is 0 Å². The average molecular weight is 267 g/mol. The minimum Gasteiger partial charge on any atom is -0.310 e. The summed E-state index contributed by atoms with van der Waals surface area (Å²) in [7, 11) is 2.08. The lowest BCUT2D eigenvalue weighted by atomic mass is 10.0. The Bertz CT molecular complexity index is 459. The third kappa shape index (κ3) is 3.71. The molecule has 6 heteroatoms. The molecule has 1 saturated heterocycles. The van der Waals surface area contributed by atoms with Crippen LogP contribution in [0, 0.1) is 15.9 Å². The zero-order valence-corrected chi connectivity index (χ0v) is 10.9. The molecule has 0 unspecified atom stereocenters. The molecular formula is C13H18FN3O2. The highest BCUT2D eigenvalue weighted by atomic mass is 19.1. The van der Waals surface area contributed by atoms with E-state index in [1.807, 2.05) is 0 Å². The monoisotopic (exact) mass is 267 g/mol. The molecule has 0 radical (unpaired) electrons. The molecule has 1 fully saturated rings. The van der Waals surface area contributed by atoms with Gasteiger partial charge in [-0.3, -0.25) is 10.1 Å². The lowest BCUT2D eigenvalue weighted by molar-refractivity contribution is -0.385. The SMILES string of the molecule is CN1CCC(NCc2cc(F)ccc2[N+](=O)[O-])CC1. The summed E-state index contributed by atoms with van der Waals surface area (Å²) in [4.78, 5) is 12.7. The molecule has 1 aliphatic rings. The summed E-state index contributed by atoms with van der Waals surface area (Å²) in [5, 5.41) is 14.2. The second-order valence-electron chi connectivity index (χ2n) is 4.99. The summed E-state index contributed by atoms with van der Waals surface area (Å²) in [6.07, 6.45) is 2.03. The fourth-order valence-electron chi connectivity index (χ4n) is 2.34. The minimum absolute atomic E-state index is 0.0261. The van der Waals surface area contributed by atoms with E-state index in [0.717, 1.165) is 32.0 Å². The highest BCUT2D eigenvalue weighted by Gasteiger charge is 2.19. The maximum absolute atomic E-state index is 13.2. The normalized spacial score (nSPS) is 17.6. The standard InChI is InChI=1S/C13H18FN3O2/c1-16-6-4-12(5-7-16)15-9-10-8-11(14)2-3-13(10)17(18)19/h2-3,8,12,15H,4-7,9H2,1H3. The summed E-state index contributed by atoms with van der Waals surface area (Å²) in [5.74, 6) is -0.439. The Labute approximate surface area is 111 Å². The molecule has 19 heavy (non-hydrogen) atoms. The third-order valence-corrected chi connectivity index (χ3v) is 3.54. The van der Waals surface area contributed by atoms with E-state index in [0.29, 0.717) is 18.2 Å². The van der Waals surface area contributed by atoms with Crippen LogP contribution in [0.2, 0.25) is 0 Å². The first-order valence-corrected chi connectivity index (χ1v) is 6.41. The zero-order valence-electron chi connectivity index (χ0n) is 10.9. The smallest absolute Gasteiger partial charge is 0.274 e. The van der Waals surface area contributed by atoms with Gasteiger partial charge < -0.3 is 10.2 Å². The Balaban J connectivity index is 1.98. The van der Waals surface area contributed by atoms with Crippen LogP contribution in [0.15, 0.2) is 18.2 Å². The molecular weight excluding hydrogens is 249 g/mol. The number of nitro groups is 1. The number of nitro benzene ring substituents is 1. The third-order valence-electron chi connectivity index (χ3n) is 3.54. The van der Waals surface area contributed by atoms with Crippen LogP contribution in [-0.4, -0.2) is 36.0 Å². The summed E-state index contributed by atoms with van der Waals surface area (Å²) < 4.78 is 13.2. The number of hydrogen-bond acceptors (Lipinski definition) is 4. The van der Waals surface area contributed by atoms with Gasteiger partial charge in [-0.25, -0.2) is 4.39 Å². The topological polar surface area (TPSA) is 58.4 Å². The van der Waals surface area contributed by atoms with Gasteiger partial charge in [0.15, 0.2) is 0 Å². The van der Waals surface area contributed by atoms with Crippen LogP contribution in [0.3, 0.4) is 0 Å². The minimum atomic E-state index is -0.467. The van der Waals surface area contributed by atoms with Crippen LogP contribution in [0.4, 0.5) is 10.1 Å². The number of likely N-dealkylation sites (tertiary alicyclic amines) is 1. The predicted molar refractivity (Wildman–Crippen MR) is 70.4 cm³/mol. The number of nitrogens with zero attached hydrogens (tertiary/aromatic N) is 2. The van der Waals surface area contributed by atoms with Gasteiger partial charge in [0, 0.05) is 24.2 Å². The first-order valence-electron chi connectivity index (χ1n) is 6.41. The molecule has 2 rings (SSSR count). The van der Waals surface area contributed by atoms with E-state index in [9.17, 15) is 14.5 Å². The molecule has 0 amide bonds.